The highest BCUT2D eigenvalue weighted by atomic mass is 16.1. The lowest BCUT2D eigenvalue weighted by atomic mass is 9.88. The lowest BCUT2D eigenvalue weighted by Gasteiger charge is -2.20. The molecule has 1 aromatic rings. The number of hydrogen-bond acceptors (Lipinski definition) is 2. The molecular formula is C17H26N2O. The molecule has 0 spiro atoms. The highest BCUT2D eigenvalue weighted by molar-refractivity contribution is 5.78. The Hall–Kier alpha value is -1.35. The second-order valence-electron chi connectivity index (χ2n) is 6.11. The quantitative estimate of drug-likeness (QED) is 0.895. The van der Waals surface area contributed by atoms with Gasteiger partial charge in [-0.05, 0) is 38.1 Å². The van der Waals surface area contributed by atoms with E-state index in [4.69, 9.17) is 0 Å². The second-order valence-corrected chi connectivity index (χ2v) is 6.11. The van der Waals surface area contributed by atoms with Crippen LogP contribution in [0.5, 0.6) is 0 Å². The minimum atomic E-state index is 0.238. The predicted octanol–water partition coefficient (Wildman–Crippen LogP) is 2.94. The third kappa shape index (κ3) is 4.64. The number of amides is 1. The maximum atomic E-state index is 12.1. The topological polar surface area (TPSA) is 32.3 Å². The van der Waals surface area contributed by atoms with E-state index in [0.717, 1.165) is 19.4 Å². The van der Waals surface area contributed by atoms with Gasteiger partial charge in [0, 0.05) is 19.0 Å². The maximum Gasteiger partial charge on any atom is 0.223 e. The van der Waals surface area contributed by atoms with Crippen LogP contribution in [-0.2, 0) is 17.9 Å². The lowest BCUT2D eigenvalue weighted by molar-refractivity contribution is -0.126. The molecule has 3 heteroatoms. The number of rotatable bonds is 5. The number of carbonyl (C=O) groups is 1. The Labute approximate surface area is 122 Å². The van der Waals surface area contributed by atoms with Gasteiger partial charge in [0.05, 0.1) is 0 Å². The van der Waals surface area contributed by atoms with Gasteiger partial charge in [0.15, 0.2) is 0 Å². The van der Waals surface area contributed by atoms with Crippen LogP contribution < -0.4 is 5.32 Å². The summed E-state index contributed by atoms with van der Waals surface area (Å²) in [7, 11) is 4.14. The van der Waals surface area contributed by atoms with E-state index in [0.29, 0.717) is 6.54 Å². The van der Waals surface area contributed by atoms with E-state index in [-0.39, 0.29) is 11.8 Å². The number of hydrogen-bond donors (Lipinski definition) is 1. The van der Waals surface area contributed by atoms with Crippen molar-refractivity contribution < 1.29 is 4.79 Å². The average Bonchev–Trinajstić information content (AvgIpc) is 2.46. The van der Waals surface area contributed by atoms with E-state index in [1.54, 1.807) is 0 Å². The number of nitrogens with zero attached hydrogens (tertiary/aromatic N) is 1. The van der Waals surface area contributed by atoms with Crippen LogP contribution >= 0.6 is 0 Å². The summed E-state index contributed by atoms with van der Waals surface area (Å²) in [5.41, 5.74) is 2.48. The van der Waals surface area contributed by atoms with E-state index in [1.807, 2.05) is 0 Å². The van der Waals surface area contributed by atoms with Gasteiger partial charge < -0.3 is 10.2 Å². The molecule has 3 nitrogen and oxygen atoms in total. The zero-order valence-corrected chi connectivity index (χ0v) is 12.7. The molecule has 20 heavy (non-hydrogen) atoms. The summed E-state index contributed by atoms with van der Waals surface area (Å²) in [4.78, 5) is 14.2. The molecule has 0 aliphatic heterocycles. The fourth-order valence-electron chi connectivity index (χ4n) is 2.83. The van der Waals surface area contributed by atoms with Crippen molar-refractivity contribution in [1.82, 2.24) is 10.2 Å². The van der Waals surface area contributed by atoms with Crippen molar-refractivity contribution in [2.45, 2.75) is 45.2 Å². The first-order valence-corrected chi connectivity index (χ1v) is 7.65. The minimum Gasteiger partial charge on any atom is -0.352 e. The van der Waals surface area contributed by atoms with E-state index in [9.17, 15) is 4.79 Å². The summed E-state index contributed by atoms with van der Waals surface area (Å²) in [5.74, 6) is 0.485. The molecule has 0 bridgehead atoms. The predicted molar refractivity (Wildman–Crippen MR) is 82.3 cm³/mol. The molecule has 2 rings (SSSR count). The SMILES string of the molecule is CN(C)Cc1ccc(CNC(=O)C2CCCCC2)cc1. The number of benzene rings is 1. The first-order chi connectivity index (χ1) is 9.65. The largest absolute Gasteiger partial charge is 0.352 e. The van der Waals surface area contributed by atoms with Crippen molar-refractivity contribution in [3.05, 3.63) is 35.4 Å². The Bertz CT molecular complexity index is 419. The van der Waals surface area contributed by atoms with Gasteiger partial charge in [0.25, 0.3) is 0 Å². The number of nitrogens with one attached hydrogen (secondary N) is 1. The van der Waals surface area contributed by atoms with Crippen LogP contribution in [0, 0.1) is 5.92 Å². The molecule has 0 aromatic heterocycles. The highest BCUT2D eigenvalue weighted by Crippen LogP contribution is 2.23. The molecule has 0 radical (unpaired) electrons. The monoisotopic (exact) mass is 274 g/mol. The molecule has 0 saturated heterocycles. The average molecular weight is 274 g/mol. The lowest BCUT2D eigenvalue weighted by Crippen LogP contribution is -2.31. The Morgan fingerprint density at radius 1 is 1.10 bits per heavy atom. The van der Waals surface area contributed by atoms with Gasteiger partial charge in [-0.2, -0.15) is 0 Å². The van der Waals surface area contributed by atoms with Crippen LogP contribution in [0.4, 0.5) is 0 Å². The molecule has 1 aliphatic rings. The molecule has 1 N–H and O–H groups in total. The third-order valence-corrected chi connectivity index (χ3v) is 3.96. The van der Waals surface area contributed by atoms with Crippen LogP contribution in [0.15, 0.2) is 24.3 Å². The van der Waals surface area contributed by atoms with Crippen molar-refractivity contribution in [3.8, 4) is 0 Å². The molecule has 1 aliphatic carbocycles. The summed E-state index contributed by atoms with van der Waals surface area (Å²) in [6.07, 6.45) is 5.83. The second kappa shape index (κ2) is 7.44. The van der Waals surface area contributed by atoms with Crippen molar-refractivity contribution >= 4 is 5.91 Å². The Kier molecular flexibility index (Phi) is 5.60. The van der Waals surface area contributed by atoms with Crippen LogP contribution in [0.3, 0.4) is 0 Å². The Balaban J connectivity index is 1.79. The zero-order chi connectivity index (χ0) is 14.4. The maximum absolute atomic E-state index is 12.1. The van der Waals surface area contributed by atoms with E-state index in [1.165, 1.54) is 30.4 Å². The first-order valence-electron chi connectivity index (χ1n) is 7.65. The van der Waals surface area contributed by atoms with Crippen molar-refractivity contribution in [3.63, 3.8) is 0 Å². The fourth-order valence-corrected chi connectivity index (χ4v) is 2.83. The van der Waals surface area contributed by atoms with Gasteiger partial charge in [-0.1, -0.05) is 43.5 Å². The van der Waals surface area contributed by atoms with E-state index < -0.39 is 0 Å². The normalized spacial score (nSPS) is 16.4. The number of carbonyl (C=O) groups excluding carboxylic acids is 1. The minimum absolute atomic E-state index is 0.238. The molecule has 1 saturated carbocycles. The van der Waals surface area contributed by atoms with Gasteiger partial charge in [0.2, 0.25) is 5.91 Å². The molecule has 0 heterocycles. The summed E-state index contributed by atoms with van der Waals surface area (Å²) < 4.78 is 0. The third-order valence-electron chi connectivity index (χ3n) is 3.96. The molecule has 0 atom stereocenters. The summed E-state index contributed by atoms with van der Waals surface area (Å²) >= 11 is 0. The summed E-state index contributed by atoms with van der Waals surface area (Å²) in [6, 6.07) is 8.50. The van der Waals surface area contributed by atoms with Crippen LogP contribution in [0.2, 0.25) is 0 Å². The molecular weight excluding hydrogens is 248 g/mol. The van der Waals surface area contributed by atoms with Gasteiger partial charge >= 0.3 is 0 Å². The standard InChI is InChI=1S/C17H26N2O/c1-19(2)13-15-10-8-14(9-11-15)12-18-17(20)16-6-4-3-5-7-16/h8-11,16H,3-7,12-13H2,1-2H3,(H,18,20). The summed E-state index contributed by atoms with van der Waals surface area (Å²) in [6.45, 7) is 1.60. The molecule has 1 amide bonds. The first kappa shape index (κ1) is 15.0. The molecule has 1 fully saturated rings. The van der Waals surface area contributed by atoms with Crippen molar-refractivity contribution in [2.24, 2.45) is 5.92 Å². The van der Waals surface area contributed by atoms with Crippen LogP contribution in [0.25, 0.3) is 0 Å². The molecule has 1 aromatic carbocycles. The zero-order valence-electron chi connectivity index (χ0n) is 12.7. The molecule has 110 valence electrons. The van der Waals surface area contributed by atoms with E-state index in [2.05, 4.69) is 48.6 Å². The van der Waals surface area contributed by atoms with Gasteiger partial charge in [0.1, 0.15) is 0 Å². The summed E-state index contributed by atoms with van der Waals surface area (Å²) in [5, 5.41) is 3.08. The van der Waals surface area contributed by atoms with Gasteiger partial charge in [-0.15, -0.1) is 0 Å². The smallest absolute Gasteiger partial charge is 0.223 e. The van der Waals surface area contributed by atoms with E-state index >= 15 is 0 Å². The van der Waals surface area contributed by atoms with Crippen molar-refractivity contribution in [2.75, 3.05) is 14.1 Å². The van der Waals surface area contributed by atoms with Crippen molar-refractivity contribution in [1.29, 1.82) is 0 Å². The Morgan fingerprint density at radius 2 is 1.70 bits per heavy atom. The fraction of sp³-hybridized carbons (Fsp3) is 0.588. The molecule has 0 unspecified atom stereocenters. The van der Waals surface area contributed by atoms with Crippen LogP contribution in [0.1, 0.15) is 43.2 Å². The van der Waals surface area contributed by atoms with Gasteiger partial charge in [-0.3, -0.25) is 4.79 Å². The van der Waals surface area contributed by atoms with Crippen LogP contribution in [-0.4, -0.2) is 24.9 Å². The Morgan fingerprint density at radius 3 is 2.30 bits per heavy atom. The van der Waals surface area contributed by atoms with Gasteiger partial charge in [-0.25, -0.2) is 0 Å². The highest BCUT2D eigenvalue weighted by Gasteiger charge is 2.20.